The lowest BCUT2D eigenvalue weighted by Crippen LogP contribution is -2.12. The highest BCUT2D eigenvalue weighted by Crippen LogP contribution is 2.33. The van der Waals surface area contributed by atoms with Crippen molar-refractivity contribution in [2.75, 3.05) is 7.05 Å². The van der Waals surface area contributed by atoms with Gasteiger partial charge in [0.15, 0.2) is 0 Å². The lowest BCUT2D eigenvalue weighted by atomic mass is 10.1. The number of rotatable bonds is 4. The van der Waals surface area contributed by atoms with Gasteiger partial charge in [-0.15, -0.1) is 0 Å². The molecule has 2 rings (SSSR count). The maximum atomic E-state index is 13.4. The van der Waals surface area contributed by atoms with Crippen molar-refractivity contribution in [1.82, 2.24) is 10.3 Å². The summed E-state index contributed by atoms with van der Waals surface area (Å²) in [6.45, 7) is 2.03. The van der Waals surface area contributed by atoms with E-state index in [0.717, 1.165) is 5.56 Å². The van der Waals surface area contributed by atoms with Crippen LogP contribution in [0.25, 0.3) is 0 Å². The molecule has 3 nitrogen and oxygen atoms in total. The Hall–Kier alpha value is -1.17. The number of hydrogen-bond donors (Lipinski definition) is 1. The SMILES string of the molecule is CNC(C)c1ccc(Oc2cc(F)c(Cl)cc2Br)nc1. The van der Waals surface area contributed by atoms with E-state index >= 15 is 0 Å². The minimum absolute atomic E-state index is 0.0374. The van der Waals surface area contributed by atoms with E-state index in [1.54, 1.807) is 12.3 Å². The third-order valence-electron chi connectivity index (χ3n) is 2.88. The first-order valence-electron chi connectivity index (χ1n) is 5.97. The minimum atomic E-state index is -0.537. The van der Waals surface area contributed by atoms with Crippen LogP contribution in [-0.2, 0) is 0 Å². The van der Waals surface area contributed by atoms with Crippen molar-refractivity contribution in [3.8, 4) is 11.6 Å². The molecule has 0 radical (unpaired) electrons. The molecule has 20 heavy (non-hydrogen) atoms. The first-order valence-corrected chi connectivity index (χ1v) is 7.14. The summed E-state index contributed by atoms with van der Waals surface area (Å²) in [5, 5.41) is 3.16. The molecule has 106 valence electrons. The monoisotopic (exact) mass is 358 g/mol. The van der Waals surface area contributed by atoms with Crippen LogP contribution in [0.4, 0.5) is 4.39 Å². The maximum Gasteiger partial charge on any atom is 0.219 e. The molecule has 6 heteroatoms. The third-order valence-corrected chi connectivity index (χ3v) is 3.79. The summed E-state index contributed by atoms with van der Waals surface area (Å²) >= 11 is 8.95. The van der Waals surface area contributed by atoms with E-state index < -0.39 is 5.82 Å². The summed E-state index contributed by atoms with van der Waals surface area (Å²) in [5.74, 6) is 0.179. The van der Waals surface area contributed by atoms with Crippen LogP contribution in [0.1, 0.15) is 18.5 Å². The fraction of sp³-hybridized carbons (Fsp3) is 0.214. The fourth-order valence-corrected chi connectivity index (χ4v) is 2.29. The molecular formula is C14H13BrClFN2O. The molecular weight excluding hydrogens is 347 g/mol. The van der Waals surface area contributed by atoms with Gasteiger partial charge in [0.05, 0.1) is 9.50 Å². The largest absolute Gasteiger partial charge is 0.438 e. The first-order chi connectivity index (χ1) is 9.51. The molecule has 0 spiro atoms. The summed E-state index contributed by atoms with van der Waals surface area (Å²) in [6, 6.07) is 6.52. The number of pyridine rings is 1. The van der Waals surface area contributed by atoms with Crippen LogP contribution in [0.15, 0.2) is 34.9 Å². The second kappa shape index (κ2) is 6.52. The number of hydrogen-bond acceptors (Lipinski definition) is 3. The van der Waals surface area contributed by atoms with E-state index in [4.69, 9.17) is 16.3 Å². The van der Waals surface area contributed by atoms with Crippen LogP contribution in [0, 0.1) is 5.82 Å². The van der Waals surface area contributed by atoms with Crippen molar-refractivity contribution >= 4 is 27.5 Å². The Bertz CT molecular complexity index is 607. The normalized spacial score (nSPS) is 12.2. The van der Waals surface area contributed by atoms with Gasteiger partial charge in [-0.1, -0.05) is 17.7 Å². The van der Waals surface area contributed by atoms with Crippen LogP contribution in [0.5, 0.6) is 11.6 Å². The summed E-state index contributed by atoms with van der Waals surface area (Å²) in [4.78, 5) is 4.20. The number of halogens is 3. The van der Waals surface area contributed by atoms with Gasteiger partial charge < -0.3 is 10.1 Å². The van der Waals surface area contributed by atoms with Crippen LogP contribution in [0.3, 0.4) is 0 Å². The van der Waals surface area contributed by atoms with Gasteiger partial charge in [-0.3, -0.25) is 0 Å². The molecule has 0 saturated heterocycles. The predicted molar refractivity (Wildman–Crippen MR) is 80.9 cm³/mol. The molecule has 1 aromatic carbocycles. The number of nitrogens with zero attached hydrogens (tertiary/aromatic N) is 1. The molecule has 2 aromatic rings. The lowest BCUT2D eigenvalue weighted by Gasteiger charge is -2.11. The summed E-state index contributed by atoms with van der Waals surface area (Å²) < 4.78 is 19.5. The Morgan fingerprint density at radius 3 is 2.75 bits per heavy atom. The molecule has 1 unspecified atom stereocenters. The molecule has 1 heterocycles. The number of benzene rings is 1. The van der Waals surface area contributed by atoms with Gasteiger partial charge in [0.1, 0.15) is 11.6 Å². The molecule has 0 bridgehead atoms. The Kier molecular flexibility index (Phi) is 4.96. The second-order valence-corrected chi connectivity index (χ2v) is 5.50. The fourth-order valence-electron chi connectivity index (χ4n) is 1.57. The van der Waals surface area contributed by atoms with Gasteiger partial charge in [0.25, 0.3) is 0 Å². The number of nitrogens with one attached hydrogen (secondary N) is 1. The molecule has 0 amide bonds. The second-order valence-electron chi connectivity index (χ2n) is 4.24. The van der Waals surface area contributed by atoms with E-state index in [0.29, 0.717) is 16.1 Å². The van der Waals surface area contributed by atoms with Gasteiger partial charge >= 0.3 is 0 Å². The molecule has 1 aromatic heterocycles. The van der Waals surface area contributed by atoms with Crippen molar-refractivity contribution in [2.45, 2.75) is 13.0 Å². The van der Waals surface area contributed by atoms with Crippen molar-refractivity contribution in [3.05, 3.63) is 51.3 Å². The maximum absolute atomic E-state index is 13.4. The van der Waals surface area contributed by atoms with Crippen molar-refractivity contribution in [1.29, 1.82) is 0 Å². The number of ether oxygens (including phenoxy) is 1. The van der Waals surface area contributed by atoms with E-state index in [-0.39, 0.29) is 11.1 Å². The van der Waals surface area contributed by atoms with Crippen LogP contribution in [-0.4, -0.2) is 12.0 Å². The standard InChI is InChI=1S/C14H13BrClFN2O/c1-8(18-2)9-3-4-14(19-7-9)20-13-6-12(17)11(16)5-10(13)15/h3-8,18H,1-2H3. The Labute approximate surface area is 130 Å². The Morgan fingerprint density at radius 1 is 1.40 bits per heavy atom. The zero-order valence-corrected chi connectivity index (χ0v) is 13.3. The topological polar surface area (TPSA) is 34.1 Å². The van der Waals surface area contributed by atoms with Crippen molar-refractivity contribution in [2.24, 2.45) is 0 Å². The summed E-state index contributed by atoms with van der Waals surface area (Å²) in [6.07, 6.45) is 1.72. The zero-order chi connectivity index (χ0) is 14.7. The Morgan fingerprint density at radius 2 is 2.15 bits per heavy atom. The molecule has 0 aliphatic heterocycles. The van der Waals surface area contributed by atoms with E-state index in [2.05, 4.69) is 26.2 Å². The van der Waals surface area contributed by atoms with E-state index in [1.807, 2.05) is 20.0 Å². The quantitative estimate of drug-likeness (QED) is 0.803. The smallest absolute Gasteiger partial charge is 0.219 e. The van der Waals surface area contributed by atoms with Crippen molar-refractivity contribution in [3.63, 3.8) is 0 Å². The highest BCUT2D eigenvalue weighted by molar-refractivity contribution is 9.10. The molecule has 0 aliphatic rings. The highest BCUT2D eigenvalue weighted by atomic mass is 79.9. The highest BCUT2D eigenvalue weighted by Gasteiger charge is 2.10. The average Bonchev–Trinajstić information content (AvgIpc) is 2.44. The molecule has 0 aliphatic carbocycles. The minimum Gasteiger partial charge on any atom is -0.438 e. The van der Waals surface area contributed by atoms with Crippen LogP contribution < -0.4 is 10.1 Å². The number of aromatic nitrogens is 1. The van der Waals surface area contributed by atoms with E-state index in [9.17, 15) is 4.39 Å². The van der Waals surface area contributed by atoms with Gasteiger partial charge in [-0.25, -0.2) is 9.37 Å². The molecule has 0 saturated carbocycles. The average molecular weight is 360 g/mol. The van der Waals surface area contributed by atoms with Crippen molar-refractivity contribution < 1.29 is 9.13 Å². The van der Waals surface area contributed by atoms with Gasteiger partial charge in [0.2, 0.25) is 5.88 Å². The van der Waals surface area contributed by atoms with Gasteiger partial charge in [-0.05, 0) is 41.5 Å². The third kappa shape index (κ3) is 3.48. The van der Waals surface area contributed by atoms with Gasteiger partial charge in [0, 0.05) is 24.4 Å². The lowest BCUT2D eigenvalue weighted by molar-refractivity contribution is 0.454. The van der Waals surface area contributed by atoms with Crippen LogP contribution >= 0.6 is 27.5 Å². The molecule has 1 N–H and O–H groups in total. The van der Waals surface area contributed by atoms with E-state index in [1.165, 1.54) is 12.1 Å². The predicted octanol–water partition coefficient (Wildman–Crippen LogP) is 4.71. The van der Waals surface area contributed by atoms with Crippen LogP contribution in [0.2, 0.25) is 5.02 Å². The molecule has 0 fully saturated rings. The Balaban J connectivity index is 2.20. The van der Waals surface area contributed by atoms with Gasteiger partial charge in [-0.2, -0.15) is 0 Å². The zero-order valence-electron chi connectivity index (χ0n) is 11.0. The first kappa shape index (κ1) is 15.2. The summed E-state index contributed by atoms with van der Waals surface area (Å²) in [7, 11) is 1.88. The molecule has 1 atom stereocenters. The summed E-state index contributed by atoms with van der Waals surface area (Å²) in [5.41, 5.74) is 1.04.